The summed E-state index contributed by atoms with van der Waals surface area (Å²) in [5.74, 6) is -13.5. The number of carbonyl (C=O) groups is 8. The largest absolute Gasteiger partial charge is 0.468 e. The molecule has 1 unspecified atom stereocenters. The summed E-state index contributed by atoms with van der Waals surface area (Å²) >= 11 is 1.84. The van der Waals surface area contributed by atoms with E-state index in [4.69, 9.17) is 19.0 Å². The van der Waals surface area contributed by atoms with Gasteiger partial charge in [-0.25, -0.2) is 54.4 Å². The second-order valence-corrected chi connectivity index (χ2v) is 45.6. The molecule has 17 rings (SSSR count). The fourth-order valence-corrected chi connectivity index (χ4v) is 26.0. The summed E-state index contributed by atoms with van der Waals surface area (Å²) in [5, 5.41) is 3.55. The van der Waals surface area contributed by atoms with Crippen LogP contribution >= 0.6 is 11.8 Å². The van der Waals surface area contributed by atoms with Crippen molar-refractivity contribution >= 4 is 59.2 Å². The van der Waals surface area contributed by atoms with Gasteiger partial charge in [0.25, 0.3) is 41.4 Å². The average molecular weight is 2100 g/mol. The second-order valence-electron chi connectivity index (χ2n) is 44.6. The van der Waals surface area contributed by atoms with Crippen molar-refractivity contribution in [2.45, 2.75) is 299 Å². The second kappa shape index (κ2) is 54.5. The fraction of sp³-hybridized carbons (Fsp3) is 0.920. The Morgan fingerprint density at radius 3 is 0.952 bits per heavy atom. The number of likely N-dealkylation sites (N-methyl/N-ethyl adjacent to an activating group) is 4. The van der Waals surface area contributed by atoms with Crippen LogP contribution < -0.4 is 10.8 Å². The maximum atomic E-state index is 13.7. The van der Waals surface area contributed by atoms with Crippen molar-refractivity contribution in [3.63, 3.8) is 0 Å². The van der Waals surface area contributed by atoms with E-state index in [0.717, 1.165) is 231 Å². The predicted molar refractivity (Wildman–Crippen MR) is 536 cm³/mol. The third-order valence-electron chi connectivity index (χ3n) is 33.5. The number of amides is 5. The standard InChI is InChI=1S/C13H23F2N3O2.2C13H23F2N3O.C13H22N2O2.C13H24N2O2.C12H21F2N3O2.C12H21F2N3O.C11H20N2O2S/c1-16-6-4-10(5-7-16)18-9-13(14,15)8-11(18)12(19)17(2)20-3;2*1-16(2)12(19)11-8-13(14,15)9-18(11)10-4-6-17(3)7-5-10;1-14-8-3-11(4-9-14)15-7-2-5-13(15)6-10-17-12(13)16;1-13(12(16)17-3)7-4-8-15(13)11-5-9-14(2)10-6-11;1-16-5-3-9(4-6-16)17-8-12(13,14)7-10(17)11(18)15-19-2;1-15-11(18)10-7-12(13,14)8-17(10)9-3-5-16(2)6-4-9;1-12-5-3-9(4-6-12)13-8-16-7-10(13)11(14)15-2/h10-11H,4-9H2,1-3H3;2*10-11H,4-9H2,1-3H3;11H,2-10H2,1H3;11H,4-10H2,1-3H3;9-10H,3-8H2,1-2H3,(H,15,18);9-10H,3-8H2,1-2H3,(H,15,18);9-10H,3-8H2,1-2H3/t3*11-;;13-;3*10-/m110.1101/s1. The van der Waals surface area contributed by atoms with Crippen molar-refractivity contribution in [1.82, 2.24) is 104 Å². The van der Waals surface area contributed by atoms with Crippen molar-refractivity contribution in [2.75, 3.05) is 296 Å². The predicted octanol–water partition coefficient (Wildman–Crippen LogP) is 6.17. The Morgan fingerprint density at radius 2 is 0.655 bits per heavy atom. The van der Waals surface area contributed by atoms with Crippen molar-refractivity contribution < 1.29 is 106 Å². The molecule has 0 aromatic rings. The van der Waals surface area contributed by atoms with Gasteiger partial charge in [-0.2, -0.15) is 0 Å². The number of hydrogen-bond acceptors (Lipinski definition) is 30. The van der Waals surface area contributed by atoms with Gasteiger partial charge < -0.3 is 68.5 Å². The van der Waals surface area contributed by atoms with Crippen molar-refractivity contribution in [3.8, 4) is 0 Å². The number of cyclic esters (lactones) is 1. The Bertz CT molecular complexity index is 3980. The van der Waals surface area contributed by atoms with E-state index in [1.807, 2.05) is 53.9 Å². The molecule has 145 heavy (non-hydrogen) atoms. The Hall–Kier alpha value is -5.31. The molecule has 45 heteroatoms. The summed E-state index contributed by atoms with van der Waals surface area (Å²) in [6.45, 7) is 19.2. The molecule has 0 bridgehead atoms. The summed E-state index contributed by atoms with van der Waals surface area (Å²) in [4.78, 5) is 142. The molecular formula is C100H177F10N21O13S. The molecule has 1 spiro atoms. The van der Waals surface area contributed by atoms with Crippen LogP contribution in [0, 0.1) is 0 Å². The summed E-state index contributed by atoms with van der Waals surface area (Å²) in [6, 6.07) is -1.40. The number of nitrogens with zero attached hydrogens (tertiary/aromatic N) is 19. The minimum atomic E-state index is -2.79. The van der Waals surface area contributed by atoms with E-state index < -0.39 is 78.6 Å². The molecule has 836 valence electrons. The van der Waals surface area contributed by atoms with E-state index in [-0.39, 0.29) is 141 Å². The third-order valence-corrected chi connectivity index (χ3v) is 34.5. The minimum Gasteiger partial charge on any atom is -0.468 e. The number of halogens is 10. The molecule has 0 aliphatic carbocycles. The lowest BCUT2D eigenvalue weighted by molar-refractivity contribution is -0.174. The van der Waals surface area contributed by atoms with Gasteiger partial charge in [-0.1, -0.05) is 0 Å². The number of esters is 3. The lowest BCUT2D eigenvalue weighted by Gasteiger charge is -2.42. The number of carbonyl (C=O) groups excluding carboxylic acids is 8. The first-order chi connectivity index (χ1) is 68.3. The van der Waals surface area contributed by atoms with E-state index in [9.17, 15) is 82.3 Å². The number of likely N-dealkylation sites (tertiary alicyclic amines) is 15. The summed E-state index contributed by atoms with van der Waals surface area (Å²) in [6.07, 6.45) is 18.8. The number of alkyl halides is 10. The molecule has 17 saturated heterocycles. The summed E-state index contributed by atoms with van der Waals surface area (Å²) in [5.41, 5.74) is 1.56. The van der Waals surface area contributed by atoms with Crippen LogP contribution in [0.5, 0.6) is 0 Å². The van der Waals surface area contributed by atoms with E-state index in [1.54, 1.807) is 52.7 Å². The Labute approximate surface area is 860 Å². The van der Waals surface area contributed by atoms with Crippen LogP contribution in [0.4, 0.5) is 43.9 Å². The Morgan fingerprint density at radius 1 is 0.366 bits per heavy atom. The molecule has 2 N–H and O–H groups in total. The monoisotopic (exact) mass is 2100 g/mol. The molecule has 8 atom stereocenters. The lowest BCUT2D eigenvalue weighted by Crippen LogP contribution is -2.55. The minimum absolute atomic E-state index is 0.0107. The number of nitrogens with one attached hydrogen (secondary N) is 2. The first kappa shape index (κ1) is 122. The van der Waals surface area contributed by atoms with Crippen LogP contribution in [0.2, 0.25) is 0 Å². The van der Waals surface area contributed by atoms with E-state index >= 15 is 0 Å². The molecule has 0 radical (unpaired) electrons. The van der Waals surface area contributed by atoms with Crippen molar-refractivity contribution in [2.24, 2.45) is 0 Å². The van der Waals surface area contributed by atoms with E-state index in [1.165, 1.54) is 90.9 Å². The number of ether oxygens (including phenoxy) is 3. The van der Waals surface area contributed by atoms with E-state index in [2.05, 4.69) is 90.7 Å². The number of rotatable bonds is 17. The highest BCUT2D eigenvalue weighted by Crippen LogP contribution is 2.45. The number of hydrogen-bond donors (Lipinski definition) is 2. The maximum absolute atomic E-state index is 13.7. The molecule has 17 heterocycles. The molecule has 0 aromatic heterocycles. The Balaban J connectivity index is 0.000000170. The highest BCUT2D eigenvalue weighted by atomic mass is 32.2. The number of hydroxylamine groups is 3. The third kappa shape index (κ3) is 33.4. The van der Waals surface area contributed by atoms with Crippen LogP contribution in [0.3, 0.4) is 0 Å². The van der Waals surface area contributed by atoms with Gasteiger partial charge in [0.1, 0.15) is 17.1 Å². The quantitative estimate of drug-likeness (QED) is 0.0713. The van der Waals surface area contributed by atoms with Gasteiger partial charge in [-0.3, -0.25) is 87.2 Å². The summed E-state index contributed by atoms with van der Waals surface area (Å²) in [7, 11) is 31.8. The van der Waals surface area contributed by atoms with Gasteiger partial charge >= 0.3 is 17.9 Å². The molecular weight excluding hydrogens is 1930 g/mol. The normalized spacial score (nSPS) is 30.8. The van der Waals surface area contributed by atoms with Crippen molar-refractivity contribution in [1.29, 1.82) is 0 Å². The molecule has 34 nitrogen and oxygen atoms in total. The zero-order valence-electron chi connectivity index (χ0n) is 90.3. The Kier molecular flexibility index (Phi) is 45.7. The van der Waals surface area contributed by atoms with Crippen LogP contribution in [-0.2, 0) is 62.2 Å². The fourth-order valence-electron chi connectivity index (χ4n) is 24.7. The first-order valence-electron chi connectivity index (χ1n) is 53.0. The highest BCUT2D eigenvalue weighted by molar-refractivity contribution is 7.99. The maximum Gasteiger partial charge on any atom is 0.326 e. The molecule has 5 amide bonds. The SMILES string of the molecule is CN1CCC(N2CC(F)(F)C[C@@H]2C(=O)N(C)C)CC1.CN1CCC(N2CC(F)(F)C[C@H]2C(=O)N(C)C)CC1.CN1CCC(N2CCCC23CCOC3=O)CC1.CNC(=O)[C@@H]1CC(F)(F)CN1C1CCN(C)CC1.COC(=O)[C@@]1(C)CCCN1C1CCN(C)CC1.COC(=O)[C@H]1CSCN1C1CCN(C)CC1.CON(C)C(=O)[C@H]1CC(F)(F)CN1C1CCN(C)CC1.CONC(=O)[C@H]1CC(F)(F)CN1C1CCN(C)CC1. The molecule has 17 fully saturated rings. The van der Waals surface area contributed by atoms with Gasteiger partial charge in [0.2, 0.25) is 17.7 Å². The smallest absolute Gasteiger partial charge is 0.326 e. The lowest BCUT2D eigenvalue weighted by atomic mass is 9.91. The van der Waals surface area contributed by atoms with E-state index in [0.29, 0.717) is 24.7 Å². The summed E-state index contributed by atoms with van der Waals surface area (Å²) < 4.78 is 152. The molecule has 0 aromatic carbocycles. The molecule has 17 aliphatic rings. The number of methoxy groups -OCH3 is 2. The van der Waals surface area contributed by atoms with Gasteiger partial charge in [-0.05, 0) is 310 Å². The van der Waals surface area contributed by atoms with Crippen LogP contribution in [0.15, 0.2) is 0 Å². The van der Waals surface area contributed by atoms with Crippen molar-refractivity contribution in [3.05, 3.63) is 0 Å². The number of thioether (sulfide) groups is 1. The van der Waals surface area contributed by atoms with Gasteiger partial charge in [0, 0.05) is 141 Å². The van der Waals surface area contributed by atoms with Gasteiger partial charge in [0.15, 0.2) is 0 Å². The molecule has 17 aliphatic heterocycles. The van der Waals surface area contributed by atoms with Crippen LogP contribution in [0.1, 0.15) is 174 Å². The van der Waals surface area contributed by atoms with Gasteiger partial charge in [0.05, 0.1) is 98.0 Å². The average Bonchev–Trinajstić information content (AvgIpc) is 1.60. The topological polar surface area (TPSA) is 268 Å². The zero-order valence-corrected chi connectivity index (χ0v) is 91.2. The van der Waals surface area contributed by atoms with Crippen LogP contribution in [0.25, 0.3) is 0 Å². The highest BCUT2D eigenvalue weighted by Gasteiger charge is 2.59. The first-order valence-corrected chi connectivity index (χ1v) is 54.1. The van der Waals surface area contributed by atoms with Crippen LogP contribution in [-0.4, -0.2) is 562 Å². The van der Waals surface area contributed by atoms with Gasteiger partial charge in [-0.15, -0.1) is 11.8 Å². The zero-order chi connectivity index (χ0) is 107. The number of piperidine rings is 8. The molecule has 0 saturated carbocycles.